The minimum Gasteiger partial charge on any atom is -0.496 e. The Morgan fingerprint density at radius 2 is 2.00 bits per heavy atom. The molecule has 2 aliphatic rings. The van der Waals surface area contributed by atoms with Crippen LogP contribution in [0.1, 0.15) is 29.8 Å². The van der Waals surface area contributed by atoms with Crippen molar-refractivity contribution in [1.29, 1.82) is 0 Å². The van der Waals surface area contributed by atoms with Gasteiger partial charge in [0.2, 0.25) is 11.8 Å². The van der Waals surface area contributed by atoms with Gasteiger partial charge in [0.15, 0.2) is 0 Å². The molecule has 200 valence electrons. The molecule has 37 heavy (non-hydrogen) atoms. The first-order valence-electron chi connectivity index (χ1n) is 11.7. The van der Waals surface area contributed by atoms with Crippen LogP contribution in [0.4, 0.5) is 13.2 Å². The maximum atomic E-state index is 13.6. The van der Waals surface area contributed by atoms with Crippen molar-refractivity contribution < 1.29 is 41.8 Å². The Kier molecular flexibility index (Phi) is 7.32. The van der Waals surface area contributed by atoms with Gasteiger partial charge in [-0.05, 0) is 37.5 Å². The van der Waals surface area contributed by atoms with Crippen molar-refractivity contribution >= 4 is 34.6 Å². The van der Waals surface area contributed by atoms with Crippen LogP contribution in [-0.2, 0) is 19.1 Å². The van der Waals surface area contributed by atoms with Crippen LogP contribution in [-0.4, -0.2) is 79.1 Å². The zero-order valence-corrected chi connectivity index (χ0v) is 20.2. The maximum Gasteiger partial charge on any atom is 0.393 e. The van der Waals surface area contributed by atoms with E-state index in [-0.39, 0.29) is 18.0 Å². The summed E-state index contributed by atoms with van der Waals surface area (Å²) in [5.74, 6) is -4.87. The van der Waals surface area contributed by atoms with E-state index in [4.69, 9.17) is 9.47 Å². The summed E-state index contributed by atoms with van der Waals surface area (Å²) in [6.45, 7) is -0.306. The number of hydrogen-bond acceptors (Lipinski definition) is 6. The lowest BCUT2D eigenvalue weighted by atomic mass is 9.97. The summed E-state index contributed by atoms with van der Waals surface area (Å²) in [6.07, 6.45) is -4.94. The lowest BCUT2D eigenvalue weighted by Gasteiger charge is -2.26. The van der Waals surface area contributed by atoms with Crippen LogP contribution in [0.15, 0.2) is 24.3 Å². The average molecular weight is 524 g/mol. The number of H-pyrrole nitrogens is 1. The van der Waals surface area contributed by atoms with E-state index < -0.39 is 60.8 Å². The van der Waals surface area contributed by atoms with Crippen molar-refractivity contribution in [2.45, 2.75) is 37.5 Å². The van der Waals surface area contributed by atoms with Gasteiger partial charge in [0.05, 0.1) is 20.1 Å². The molecule has 10 nitrogen and oxygen atoms in total. The molecule has 1 aromatic carbocycles. The molecule has 0 radical (unpaired) electrons. The van der Waals surface area contributed by atoms with Gasteiger partial charge in [0.1, 0.15) is 23.5 Å². The topological polar surface area (TPSA) is 130 Å². The third kappa shape index (κ3) is 5.35. The summed E-state index contributed by atoms with van der Waals surface area (Å²) in [5, 5.41) is 5.61. The zero-order valence-electron chi connectivity index (χ0n) is 20.2. The highest BCUT2D eigenvalue weighted by atomic mass is 19.4. The molecule has 0 aliphatic carbocycles. The SMILES string of the molecule is COC(=O)[C@H](C[C@@H]1CCNC1=O)NC(=O)[C@@H]1C[C@@H](C(F)(F)F)CN1C(=O)c1cc2c(OC)cccc2[nH]1. The van der Waals surface area contributed by atoms with E-state index in [0.29, 0.717) is 29.6 Å². The third-order valence-electron chi connectivity index (χ3n) is 6.89. The Labute approximate surface area is 209 Å². The van der Waals surface area contributed by atoms with Gasteiger partial charge >= 0.3 is 12.1 Å². The number of benzene rings is 1. The number of ether oxygens (including phenoxy) is 2. The van der Waals surface area contributed by atoms with Crippen LogP contribution >= 0.6 is 0 Å². The van der Waals surface area contributed by atoms with E-state index in [0.717, 1.165) is 12.0 Å². The number of amides is 3. The van der Waals surface area contributed by atoms with Gasteiger partial charge in [0, 0.05) is 29.9 Å². The van der Waals surface area contributed by atoms with Gasteiger partial charge in [0.25, 0.3) is 5.91 Å². The van der Waals surface area contributed by atoms with Crippen molar-refractivity contribution in [3.63, 3.8) is 0 Å². The second kappa shape index (κ2) is 10.3. The molecule has 3 amide bonds. The summed E-state index contributed by atoms with van der Waals surface area (Å²) in [7, 11) is 2.55. The Morgan fingerprint density at radius 1 is 1.24 bits per heavy atom. The minimum absolute atomic E-state index is 0.00716. The molecule has 3 heterocycles. The van der Waals surface area contributed by atoms with Gasteiger partial charge in [-0.25, -0.2) is 4.79 Å². The number of carbonyl (C=O) groups excluding carboxylic acids is 4. The number of aromatic nitrogens is 1. The molecule has 0 unspecified atom stereocenters. The number of fused-ring (bicyclic) bond motifs is 1. The number of carbonyl (C=O) groups is 4. The number of alkyl halides is 3. The Hall–Kier alpha value is -3.77. The number of nitrogens with one attached hydrogen (secondary N) is 3. The predicted molar refractivity (Wildman–Crippen MR) is 124 cm³/mol. The van der Waals surface area contributed by atoms with Gasteiger partial charge in [-0.1, -0.05) is 6.07 Å². The quantitative estimate of drug-likeness (QED) is 0.474. The molecule has 0 bridgehead atoms. The number of methoxy groups -OCH3 is 2. The smallest absolute Gasteiger partial charge is 0.393 e. The molecule has 2 saturated heterocycles. The van der Waals surface area contributed by atoms with E-state index in [9.17, 15) is 32.3 Å². The lowest BCUT2D eigenvalue weighted by Crippen LogP contribution is -2.51. The molecule has 4 rings (SSSR count). The fourth-order valence-corrected chi connectivity index (χ4v) is 4.90. The molecule has 13 heteroatoms. The number of aromatic amines is 1. The fraction of sp³-hybridized carbons (Fsp3) is 0.500. The first kappa shape index (κ1) is 26.3. The largest absolute Gasteiger partial charge is 0.496 e. The van der Waals surface area contributed by atoms with E-state index in [1.807, 2.05) is 0 Å². The highest BCUT2D eigenvalue weighted by Gasteiger charge is 2.51. The van der Waals surface area contributed by atoms with E-state index in [1.165, 1.54) is 13.2 Å². The minimum atomic E-state index is -4.64. The zero-order chi connectivity index (χ0) is 26.9. The molecule has 1 aromatic heterocycles. The van der Waals surface area contributed by atoms with Crippen molar-refractivity contribution in [1.82, 2.24) is 20.5 Å². The van der Waals surface area contributed by atoms with E-state index in [1.54, 1.807) is 18.2 Å². The number of rotatable bonds is 7. The van der Waals surface area contributed by atoms with Crippen molar-refractivity contribution in [3.8, 4) is 5.75 Å². The molecule has 2 aliphatic heterocycles. The molecule has 0 spiro atoms. The summed E-state index contributed by atoms with van der Waals surface area (Å²) >= 11 is 0. The van der Waals surface area contributed by atoms with Crippen LogP contribution in [0.5, 0.6) is 5.75 Å². The fourth-order valence-electron chi connectivity index (χ4n) is 4.90. The third-order valence-corrected chi connectivity index (χ3v) is 6.89. The van der Waals surface area contributed by atoms with Crippen LogP contribution < -0.4 is 15.4 Å². The van der Waals surface area contributed by atoms with Crippen molar-refractivity contribution in [2.24, 2.45) is 11.8 Å². The Morgan fingerprint density at radius 3 is 2.62 bits per heavy atom. The molecule has 4 atom stereocenters. The summed E-state index contributed by atoms with van der Waals surface area (Å²) in [6, 6.07) is 3.76. The summed E-state index contributed by atoms with van der Waals surface area (Å²) in [5.41, 5.74) is 0.531. The van der Waals surface area contributed by atoms with Gasteiger partial charge in [-0.2, -0.15) is 13.2 Å². The second-order valence-electron chi connectivity index (χ2n) is 9.15. The molecule has 0 saturated carbocycles. The highest BCUT2D eigenvalue weighted by molar-refractivity contribution is 6.02. The summed E-state index contributed by atoms with van der Waals surface area (Å²) < 4.78 is 51.0. The first-order valence-corrected chi connectivity index (χ1v) is 11.7. The summed E-state index contributed by atoms with van der Waals surface area (Å²) in [4.78, 5) is 54.6. The lowest BCUT2D eigenvalue weighted by molar-refractivity contribution is -0.170. The second-order valence-corrected chi connectivity index (χ2v) is 9.15. The standard InChI is InChI=1S/C24H27F3N4O6/c1-36-19-5-3-4-15-14(19)10-16(29-15)22(34)31-11-13(24(25,26)27)9-18(31)21(33)30-17(23(35)37-2)8-12-6-7-28-20(12)32/h3-5,10,12-13,17-18,29H,6-9,11H2,1-2H3,(H,28,32)(H,30,33)/t12-,13+,17-,18-/m0/s1. The van der Waals surface area contributed by atoms with Gasteiger partial charge in [-0.3, -0.25) is 14.4 Å². The molecular weight excluding hydrogens is 497 g/mol. The van der Waals surface area contributed by atoms with Crippen molar-refractivity contribution in [3.05, 3.63) is 30.0 Å². The van der Waals surface area contributed by atoms with Gasteiger partial charge in [-0.15, -0.1) is 0 Å². The van der Waals surface area contributed by atoms with Gasteiger partial charge < -0.3 is 30.0 Å². The van der Waals surface area contributed by atoms with E-state index >= 15 is 0 Å². The number of nitrogens with zero attached hydrogens (tertiary/aromatic N) is 1. The molecule has 3 N–H and O–H groups in total. The maximum absolute atomic E-state index is 13.6. The van der Waals surface area contributed by atoms with E-state index in [2.05, 4.69) is 15.6 Å². The van der Waals surface area contributed by atoms with Crippen LogP contribution in [0.3, 0.4) is 0 Å². The molecular formula is C24H27F3N4O6. The number of hydrogen-bond donors (Lipinski definition) is 3. The molecule has 2 aromatic rings. The highest BCUT2D eigenvalue weighted by Crippen LogP contribution is 2.38. The predicted octanol–water partition coefficient (Wildman–Crippen LogP) is 1.75. The first-order chi connectivity index (χ1) is 17.5. The van der Waals surface area contributed by atoms with Crippen LogP contribution in [0.25, 0.3) is 10.9 Å². The van der Waals surface area contributed by atoms with Crippen LogP contribution in [0.2, 0.25) is 0 Å². The van der Waals surface area contributed by atoms with Crippen LogP contribution in [0, 0.1) is 11.8 Å². The average Bonchev–Trinajstić information content (AvgIpc) is 3.60. The molecule has 2 fully saturated rings. The Balaban J connectivity index is 1.59. The number of esters is 1. The monoisotopic (exact) mass is 524 g/mol. The Bertz CT molecular complexity index is 1210. The normalized spacial score (nSPS) is 22.6. The van der Waals surface area contributed by atoms with Crippen molar-refractivity contribution in [2.75, 3.05) is 27.3 Å². The number of likely N-dealkylation sites (tertiary alicyclic amines) is 1. The number of halogens is 3.